The summed E-state index contributed by atoms with van der Waals surface area (Å²) in [7, 11) is 0. The van der Waals surface area contributed by atoms with Crippen molar-refractivity contribution in [1.29, 1.82) is 0 Å². The number of hydrogen-bond donors (Lipinski definition) is 2. The Bertz CT molecular complexity index is 1160. The van der Waals surface area contributed by atoms with Crippen molar-refractivity contribution in [3.05, 3.63) is 64.2 Å². The Morgan fingerprint density at radius 3 is 2.10 bits per heavy atom. The Hall–Kier alpha value is -3.35. The molecule has 220 valence electrons. The summed E-state index contributed by atoms with van der Waals surface area (Å²) in [6, 6.07) is 10.1. The molecule has 7 heteroatoms. The van der Waals surface area contributed by atoms with E-state index < -0.39 is 23.8 Å². The molecule has 7 nitrogen and oxygen atoms in total. The Balaban J connectivity index is 2.64. The Morgan fingerprint density at radius 2 is 1.57 bits per heavy atom. The molecule has 0 heterocycles. The van der Waals surface area contributed by atoms with E-state index in [2.05, 4.69) is 17.6 Å². The summed E-state index contributed by atoms with van der Waals surface area (Å²) in [6.45, 7) is 19.6. The molecule has 3 unspecified atom stereocenters. The maximum Gasteiger partial charge on any atom is 0.408 e. The molecule has 0 aliphatic heterocycles. The largest absolute Gasteiger partial charge is 0.444 e. The zero-order valence-electron chi connectivity index (χ0n) is 26.1. The van der Waals surface area contributed by atoms with Crippen molar-refractivity contribution in [2.45, 2.75) is 106 Å². The van der Waals surface area contributed by atoms with E-state index in [1.165, 1.54) is 0 Å². The van der Waals surface area contributed by atoms with E-state index in [9.17, 15) is 14.4 Å². The second kappa shape index (κ2) is 14.3. The molecule has 0 radical (unpaired) electrons. The van der Waals surface area contributed by atoms with Crippen LogP contribution in [0.3, 0.4) is 0 Å². The first kappa shape index (κ1) is 32.9. The van der Waals surface area contributed by atoms with Gasteiger partial charge in [-0.25, -0.2) is 4.79 Å². The van der Waals surface area contributed by atoms with Gasteiger partial charge in [0.05, 0.1) is 0 Å². The highest BCUT2D eigenvalue weighted by Gasteiger charge is 2.38. The van der Waals surface area contributed by atoms with Gasteiger partial charge in [-0.15, -0.1) is 0 Å². The number of amides is 3. The fraction of sp³-hybridized carbons (Fsp3) is 0.545. The topological polar surface area (TPSA) is 87.7 Å². The van der Waals surface area contributed by atoms with Gasteiger partial charge < -0.3 is 20.3 Å². The Morgan fingerprint density at radius 1 is 0.950 bits per heavy atom. The van der Waals surface area contributed by atoms with Crippen molar-refractivity contribution in [2.24, 2.45) is 5.92 Å². The molecule has 0 aliphatic carbocycles. The maximum absolute atomic E-state index is 14.4. The fourth-order valence-electron chi connectivity index (χ4n) is 4.78. The highest BCUT2D eigenvalue weighted by atomic mass is 16.6. The highest BCUT2D eigenvalue weighted by Crippen LogP contribution is 2.30. The summed E-state index contributed by atoms with van der Waals surface area (Å²) in [5, 5.41) is 5.97. The summed E-state index contributed by atoms with van der Waals surface area (Å²) < 4.78 is 5.50. The molecule has 0 bridgehead atoms. The lowest BCUT2D eigenvalue weighted by Crippen LogP contribution is -2.55. The minimum atomic E-state index is -0.884. The van der Waals surface area contributed by atoms with Crippen molar-refractivity contribution < 1.29 is 19.1 Å². The van der Waals surface area contributed by atoms with E-state index in [0.717, 1.165) is 39.9 Å². The molecule has 40 heavy (non-hydrogen) atoms. The van der Waals surface area contributed by atoms with E-state index in [4.69, 9.17) is 4.74 Å². The number of anilines is 1. The van der Waals surface area contributed by atoms with Crippen LogP contribution in [0.15, 0.2) is 36.4 Å². The number of unbranched alkanes of at least 4 members (excludes halogenated alkanes) is 1. The monoisotopic (exact) mass is 551 g/mol. The highest BCUT2D eigenvalue weighted by molar-refractivity contribution is 6.00. The van der Waals surface area contributed by atoms with Gasteiger partial charge >= 0.3 is 6.09 Å². The number of nitrogens with zero attached hydrogens (tertiary/aromatic N) is 1. The Labute approximate surface area is 241 Å². The second-order valence-electron chi connectivity index (χ2n) is 11.9. The van der Waals surface area contributed by atoms with Crippen LogP contribution >= 0.6 is 0 Å². The van der Waals surface area contributed by atoms with Gasteiger partial charge in [0, 0.05) is 12.2 Å². The minimum absolute atomic E-state index is 0.175. The minimum Gasteiger partial charge on any atom is -0.444 e. The van der Waals surface area contributed by atoms with Crippen LogP contribution in [0.4, 0.5) is 10.5 Å². The molecule has 3 amide bonds. The Kier molecular flexibility index (Phi) is 11.8. The molecule has 2 aromatic carbocycles. The maximum atomic E-state index is 14.4. The third-order valence-corrected chi connectivity index (χ3v) is 7.20. The van der Waals surface area contributed by atoms with Gasteiger partial charge in [-0.2, -0.15) is 0 Å². The molecule has 0 saturated heterocycles. The van der Waals surface area contributed by atoms with Crippen molar-refractivity contribution >= 4 is 23.6 Å². The van der Waals surface area contributed by atoms with Crippen LogP contribution in [-0.4, -0.2) is 41.0 Å². The number of aryl methyl sites for hydroxylation is 4. The van der Waals surface area contributed by atoms with Gasteiger partial charge in [0.15, 0.2) is 0 Å². The molecular formula is C33H49N3O4. The summed E-state index contributed by atoms with van der Waals surface area (Å²) in [6.07, 6.45) is 1.57. The van der Waals surface area contributed by atoms with Crippen molar-refractivity contribution in [2.75, 3.05) is 11.9 Å². The first-order chi connectivity index (χ1) is 18.7. The number of carbonyl (C=O) groups excluding carboxylic acids is 3. The van der Waals surface area contributed by atoms with Gasteiger partial charge in [0.25, 0.3) is 5.91 Å². The van der Waals surface area contributed by atoms with Crippen LogP contribution in [0, 0.1) is 33.6 Å². The third kappa shape index (κ3) is 8.83. The van der Waals surface area contributed by atoms with Gasteiger partial charge in [-0.05, 0) is 83.1 Å². The SMILES string of the molecule is CCCCN(C(=O)C(NC(=O)OC(C)(C)C)C(C)CC)C(C(=O)Nc1c(C)cccc1C)c1ccc(C)cc1C. The van der Waals surface area contributed by atoms with Crippen molar-refractivity contribution in [3.63, 3.8) is 0 Å². The number of alkyl carbamates (subject to hydrolysis) is 1. The van der Waals surface area contributed by atoms with Crippen LogP contribution in [0.5, 0.6) is 0 Å². The van der Waals surface area contributed by atoms with E-state index in [0.29, 0.717) is 19.4 Å². The lowest BCUT2D eigenvalue weighted by atomic mass is 9.93. The predicted octanol–water partition coefficient (Wildman–Crippen LogP) is 7.17. The summed E-state index contributed by atoms with van der Waals surface area (Å²) in [5.41, 5.74) is 4.70. The standard InChI is InChI=1S/C33H49N3O4/c1-11-13-19-36(31(38)28(22(4)12-2)35-32(39)40-33(8,9)10)29(26-18-17-21(3)20-25(26)7)30(37)34-27-23(5)15-14-16-24(27)6/h14-18,20,22,28-29H,11-13,19H2,1-10H3,(H,34,37)(H,35,39). The summed E-state index contributed by atoms with van der Waals surface area (Å²) in [4.78, 5) is 43.1. The summed E-state index contributed by atoms with van der Waals surface area (Å²) >= 11 is 0. The van der Waals surface area contributed by atoms with Crippen LogP contribution < -0.4 is 10.6 Å². The number of rotatable bonds is 11. The lowest BCUT2D eigenvalue weighted by Gasteiger charge is -2.36. The number of ether oxygens (including phenoxy) is 1. The average Bonchev–Trinajstić information content (AvgIpc) is 2.86. The zero-order chi connectivity index (χ0) is 30.2. The van der Waals surface area contributed by atoms with Crippen LogP contribution in [0.1, 0.15) is 94.7 Å². The normalized spacial score (nSPS) is 13.7. The number of nitrogens with one attached hydrogen (secondary N) is 2. The number of hydrogen-bond acceptors (Lipinski definition) is 4. The number of carbonyl (C=O) groups is 3. The quantitative estimate of drug-likeness (QED) is 0.310. The molecule has 0 fully saturated rings. The van der Waals surface area contributed by atoms with E-state index in [-0.39, 0.29) is 17.7 Å². The first-order valence-corrected chi connectivity index (χ1v) is 14.4. The number of para-hydroxylation sites is 1. The third-order valence-electron chi connectivity index (χ3n) is 7.20. The molecule has 0 aromatic heterocycles. The van der Waals surface area contributed by atoms with Crippen LogP contribution in [-0.2, 0) is 14.3 Å². The molecule has 0 saturated carbocycles. The molecule has 0 aliphatic rings. The van der Waals surface area contributed by atoms with Crippen molar-refractivity contribution in [1.82, 2.24) is 10.2 Å². The van der Waals surface area contributed by atoms with Crippen molar-refractivity contribution in [3.8, 4) is 0 Å². The van der Waals surface area contributed by atoms with Gasteiger partial charge in [0.1, 0.15) is 17.7 Å². The van der Waals surface area contributed by atoms with Crippen LogP contribution in [0.2, 0.25) is 0 Å². The van der Waals surface area contributed by atoms with Gasteiger partial charge in [0.2, 0.25) is 5.91 Å². The molecule has 2 aromatic rings. The second-order valence-corrected chi connectivity index (χ2v) is 11.9. The first-order valence-electron chi connectivity index (χ1n) is 14.4. The van der Waals surface area contributed by atoms with E-state index >= 15 is 0 Å². The van der Waals surface area contributed by atoms with Gasteiger partial charge in [-0.3, -0.25) is 9.59 Å². The number of benzene rings is 2. The van der Waals surface area contributed by atoms with Gasteiger partial charge in [-0.1, -0.05) is 75.6 Å². The van der Waals surface area contributed by atoms with E-state index in [1.54, 1.807) is 25.7 Å². The average molecular weight is 552 g/mol. The zero-order valence-corrected chi connectivity index (χ0v) is 26.1. The molecule has 2 N–H and O–H groups in total. The van der Waals surface area contributed by atoms with E-state index in [1.807, 2.05) is 77.9 Å². The molecule has 2 rings (SSSR count). The molecular weight excluding hydrogens is 502 g/mol. The smallest absolute Gasteiger partial charge is 0.408 e. The molecule has 0 spiro atoms. The fourth-order valence-corrected chi connectivity index (χ4v) is 4.78. The summed E-state index contributed by atoms with van der Waals surface area (Å²) in [5.74, 6) is -0.755. The molecule has 3 atom stereocenters. The lowest BCUT2D eigenvalue weighted by molar-refractivity contribution is -0.142. The van der Waals surface area contributed by atoms with Crippen LogP contribution in [0.25, 0.3) is 0 Å². The predicted molar refractivity (Wildman–Crippen MR) is 162 cm³/mol.